The molecule has 0 fully saturated rings. The predicted octanol–water partition coefficient (Wildman–Crippen LogP) is 6.07. The molecule has 1 amide bonds. The minimum Gasteiger partial charge on any atom is -0.352 e. The van der Waals surface area contributed by atoms with Gasteiger partial charge in [0.05, 0.1) is 12.6 Å². The van der Waals surface area contributed by atoms with E-state index >= 15 is 4.39 Å². The number of carbonyl (C=O) groups excluding carboxylic acids is 1. The summed E-state index contributed by atoms with van der Waals surface area (Å²) in [5.41, 5.74) is 0.479. The van der Waals surface area contributed by atoms with Crippen LogP contribution in [0.3, 0.4) is 0 Å². The Morgan fingerprint density at radius 3 is 2.41 bits per heavy atom. The van der Waals surface area contributed by atoms with Crippen molar-refractivity contribution in [2.24, 2.45) is 0 Å². The molecule has 2 aromatic carbocycles. The number of benzene rings is 2. The van der Waals surface area contributed by atoms with Gasteiger partial charge in [-0.15, -0.1) is 10.3 Å². The fourth-order valence-electron chi connectivity index (χ4n) is 2.57. The Balaban J connectivity index is 2.22. The minimum absolute atomic E-state index is 0.0790. The first-order valence-corrected chi connectivity index (χ1v) is 13.5. The van der Waals surface area contributed by atoms with E-state index in [-0.39, 0.29) is 22.0 Å². The highest BCUT2D eigenvalue weighted by atomic mass is 79.9. The Kier molecular flexibility index (Phi) is 9.22. The maximum atomic E-state index is 15.5. The van der Waals surface area contributed by atoms with Gasteiger partial charge in [-0.3, -0.25) is 10.1 Å². The average molecular weight is 548 g/mol. The lowest BCUT2D eigenvalue weighted by molar-refractivity contribution is 0.0975. The third kappa shape index (κ3) is 7.23. The fraction of sp³-hybridized carbons (Fsp3) is 0.391. The predicted molar refractivity (Wildman–Crippen MR) is 137 cm³/mol. The molecule has 2 aromatic rings. The summed E-state index contributed by atoms with van der Waals surface area (Å²) < 4.78 is 36.5. The molecule has 0 aliphatic heterocycles. The van der Waals surface area contributed by atoms with Gasteiger partial charge in [0.15, 0.2) is 5.11 Å². The molecule has 0 saturated carbocycles. The molecular formula is C23H29BrF2N2O2S2. The number of hydrogen-bond acceptors (Lipinski definition) is 3. The van der Waals surface area contributed by atoms with Crippen LogP contribution in [0.2, 0.25) is 0 Å². The van der Waals surface area contributed by atoms with Crippen molar-refractivity contribution in [3.8, 4) is 0 Å². The minimum atomic E-state index is -1.63. The number of thiocarbonyl (C=S) groups is 1. The summed E-state index contributed by atoms with van der Waals surface area (Å²) in [7, 11) is -1.58. The van der Waals surface area contributed by atoms with Gasteiger partial charge in [-0.2, -0.15) is 0 Å². The molecule has 0 aliphatic rings. The smallest absolute Gasteiger partial charge is 0.257 e. The van der Waals surface area contributed by atoms with Crippen LogP contribution in [0.25, 0.3) is 0 Å². The zero-order chi connectivity index (χ0) is 24.1. The Labute approximate surface area is 204 Å². The highest BCUT2D eigenvalue weighted by molar-refractivity contribution is 9.10. The normalized spacial score (nSPS) is 14.4. The lowest BCUT2D eigenvalue weighted by Crippen LogP contribution is -2.45. The van der Waals surface area contributed by atoms with E-state index in [9.17, 15) is 9.18 Å². The van der Waals surface area contributed by atoms with Crippen LogP contribution in [0.4, 0.5) is 8.78 Å². The second-order valence-electron chi connectivity index (χ2n) is 8.58. The van der Waals surface area contributed by atoms with Gasteiger partial charge in [0.2, 0.25) is 0 Å². The first kappa shape index (κ1) is 26.7. The van der Waals surface area contributed by atoms with Gasteiger partial charge >= 0.3 is 0 Å². The van der Waals surface area contributed by atoms with E-state index < -0.39 is 34.2 Å². The molecule has 2 N–H and O–H groups in total. The van der Waals surface area contributed by atoms with Crippen molar-refractivity contribution in [1.82, 2.24) is 10.6 Å². The van der Waals surface area contributed by atoms with Crippen molar-refractivity contribution < 1.29 is 17.8 Å². The van der Waals surface area contributed by atoms with Gasteiger partial charge in [0, 0.05) is 20.3 Å². The lowest BCUT2D eigenvalue weighted by atomic mass is 10.0. The Bertz CT molecular complexity index is 953. The van der Waals surface area contributed by atoms with Crippen LogP contribution in [0, 0.1) is 5.82 Å². The largest absolute Gasteiger partial charge is 0.352 e. The van der Waals surface area contributed by atoms with E-state index in [0.717, 1.165) is 0 Å². The Hall–Kier alpha value is -1.55. The van der Waals surface area contributed by atoms with E-state index in [1.54, 1.807) is 30.3 Å². The van der Waals surface area contributed by atoms with Gasteiger partial charge in [0.25, 0.3) is 5.91 Å². The van der Waals surface area contributed by atoms with E-state index in [1.165, 1.54) is 18.2 Å². The van der Waals surface area contributed by atoms with Crippen molar-refractivity contribution in [2.75, 3.05) is 19.1 Å². The van der Waals surface area contributed by atoms with E-state index in [2.05, 4.69) is 26.6 Å². The molecule has 0 heterocycles. The number of alkyl halides is 1. The van der Waals surface area contributed by atoms with Crippen LogP contribution in [0.5, 0.6) is 0 Å². The molecule has 0 radical (unpaired) electrons. The summed E-state index contributed by atoms with van der Waals surface area (Å²) in [5.74, 6) is -1.03. The van der Waals surface area contributed by atoms with E-state index in [4.69, 9.17) is 16.4 Å². The number of nitrogens with one attached hydrogen (secondary N) is 2. The third-order valence-corrected chi connectivity index (χ3v) is 9.59. The highest BCUT2D eigenvalue weighted by Crippen LogP contribution is 2.54. The molecule has 0 aliphatic carbocycles. The van der Waals surface area contributed by atoms with Gasteiger partial charge in [-0.1, -0.05) is 54.9 Å². The second kappa shape index (κ2) is 11.0. The monoisotopic (exact) mass is 546 g/mol. The number of carbonyl (C=O) groups is 1. The Morgan fingerprint density at radius 1 is 1.19 bits per heavy atom. The molecule has 0 spiro atoms. The highest BCUT2D eigenvalue weighted by Gasteiger charge is 2.33. The van der Waals surface area contributed by atoms with Crippen molar-refractivity contribution >= 4 is 49.5 Å². The van der Waals surface area contributed by atoms with Crippen molar-refractivity contribution in [3.05, 3.63) is 69.9 Å². The van der Waals surface area contributed by atoms with Gasteiger partial charge < -0.3 is 9.50 Å². The third-order valence-electron chi connectivity index (χ3n) is 5.20. The van der Waals surface area contributed by atoms with Crippen molar-refractivity contribution in [3.63, 3.8) is 0 Å². The Morgan fingerprint density at radius 2 is 1.81 bits per heavy atom. The van der Waals surface area contributed by atoms with Gasteiger partial charge in [-0.05, 0) is 55.1 Å². The van der Waals surface area contributed by atoms with E-state index in [0.29, 0.717) is 10.0 Å². The summed E-state index contributed by atoms with van der Waals surface area (Å²) in [6.07, 6.45) is 2.30. The standard InChI is InChI=1S/C23H29BrF2N2O2S2/c1-23(2,3)32(4,5)30-14-19(26)20(17-13-16(24)11-12-18(17)25)27-22(31)28-21(29)15-9-7-6-8-10-15/h6-13,19-20H,14H2,1-5H3,(H2,27,28,29,31). The molecule has 4 nitrogen and oxygen atoms in total. The quantitative estimate of drug-likeness (QED) is 0.414. The molecule has 2 unspecified atom stereocenters. The maximum absolute atomic E-state index is 15.5. The first-order chi connectivity index (χ1) is 14.8. The van der Waals surface area contributed by atoms with E-state index in [1.807, 2.05) is 33.3 Å². The summed E-state index contributed by atoms with van der Waals surface area (Å²) in [6, 6.07) is 11.6. The number of rotatable bonds is 7. The maximum Gasteiger partial charge on any atom is 0.257 e. The zero-order valence-electron chi connectivity index (χ0n) is 18.7. The lowest BCUT2D eigenvalue weighted by Gasteiger charge is -2.44. The molecule has 0 saturated heterocycles. The molecule has 0 bridgehead atoms. The van der Waals surface area contributed by atoms with Crippen molar-refractivity contribution in [1.29, 1.82) is 0 Å². The summed E-state index contributed by atoms with van der Waals surface area (Å²) in [4.78, 5) is 12.4. The van der Waals surface area contributed by atoms with Crippen LogP contribution >= 0.6 is 38.5 Å². The van der Waals surface area contributed by atoms with Crippen LogP contribution < -0.4 is 10.6 Å². The molecular weight excluding hydrogens is 518 g/mol. The summed E-state index contributed by atoms with van der Waals surface area (Å²) in [5, 5.41) is 5.19. The summed E-state index contributed by atoms with van der Waals surface area (Å²) in [6.45, 7) is 5.85. The first-order valence-electron chi connectivity index (χ1n) is 9.95. The second-order valence-corrected chi connectivity index (χ2v) is 13.8. The van der Waals surface area contributed by atoms with Crippen LogP contribution in [-0.4, -0.2) is 41.1 Å². The fourth-order valence-corrected chi connectivity index (χ4v) is 3.99. The molecule has 0 aromatic heterocycles. The van der Waals surface area contributed by atoms with Crippen LogP contribution in [0.15, 0.2) is 53.0 Å². The van der Waals surface area contributed by atoms with Crippen molar-refractivity contribution in [2.45, 2.75) is 37.7 Å². The van der Waals surface area contributed by atoms with Crippen LogP contribution in [-0.2, 0) is 4.18 Å². The number of halogens is 3. The number of hydrogen-bond donors (Lipinski definition) is 2. The van der Waals surface area contributed by atoms with Crippen LogP contribution in [0.1, 0.15) is 42.7 Å². The SMILES string of the molecule is CC(C)(C)S(C)(C)OCC(F)C(NC(=S)NC(=O)c1ccccc1)c1cc(Br)ccc1F. The number of amides is 1. The molecule has 32 heavy (non-hydrogen) atoms. The summed E-state index contributed by atoms with van der Waals surface area (Å²) >= 11 is 8.54. The zero-order valence-corrected chi connectivity index (χ0v) is 22.0. The molecule has 2 rings (SSSR count). The molecule has 176 valence electrons. The molecule has 2 atom stereocenters. The molecule has 9 heteroatoms. The van der Waals surface area contributed by atoms with Gasteiger partial charge in [0.1, 0.15) is 12.0 Å². The topological polar surface area (TPSA) is 50.4 Å². The average Bonchev–Trinajstić information content (AvgIpc) is 2.72. The van der Waals surface area contributed by atoms with Gasteiger partial charge in [-0.25, -0.2) is 8.78 Å².